The Labute approximate surface area is 105 Å². The molecule has 0 aliphatic carbocycles. The van der Waals surface area contributed by atoms with Crippen molar-refractivity contribution >= 4 is 12.2 Å². The first-order chi connectivity index (χ1) is 8.79. The number of carbonyl (C=O) groups excluding carboxylic acids is 2. The molecule has 2 rings (SSSR count). The van der Waals surface area contributed by atoms with Crippen LogP contribution in [0.1, 0.15) is 26.3 Å². The Morgan fingerprint density at radius 1 is 1.22 bits per heavy atom. The first-order valence-electron chi connectivity index (χ1n) is 5.52. The van der Waals surface area contributed by atoms with Crippen molar-refractivity contribution in [2.75, 3.05) is 0 Å². The fourth-order valence-corrected chi connectivity index (χ4v) is 1.50. The quantitative estimate of drug-likeness (QED) is 0.829. The van der Waals surface area contributed by atoms with Crippen LogP contribution in [-0.2, 0) is 6.54 Å². The van der Waals surface area contributed by atoms with E-state index in [0.29, 0.717) is 17.7 Å². The second kappa shape index (κ2) is 5.72. The number of aldehydes is 1. The zero-order chi connectivity index (χ0) is 12.8. The smallest absolute Gasteiger partial charge is 0.251 e. The average Bonchev–Trinajstić information content (AvgIpc) is 2.46. The third-order valence-electron chi connectivity index (χ3n) is 2.48. The molecule has 1 amide bonds. The van der Waals surface area contributed by atoms with Crippen LogP contribution in [0.25, 0.3) is 0 Å². The lowest BCUT2D eigenvalue weighted by atomic mass is 10.1. The van der Waals surface area contributed by atoms with E-state index in [1.165, 1.54) is 0 Å². The van der Waals surface area contributed by atoms with E-state index in [1.807, 2.05) is 12.1 Å². The number of amides is 1. The summed E-state index contributed by atoms with van der Waals surface area (Å²) in [5, 5.41) is 2.79. The van der Waals surface area contributed by atoms with Gasteiger partial charge in [-0.3, -0.25) is 14.6 Å². The maximum absolute atomic E-state index is 11.8. The van der Waals surface area contributed by atoms with E-state index in [1.54, 1.807) is 36.7 Å². The highest BCUT2D eigenvalue weighted by atomic mass is 16.1. The number of nitrogens with zero attached hydrogens (tertiary/aromatic N) is 1. The van der Waals surface area contributed by atoms with Crippen LogP contribution >= 0.6 is 0 Å². The Balaban J connectivity index is 1.97. The number of pyridine rings is 1. The number of benzene rings is 1. The Morgan fingerprint density at radius 3 is 2.61 bits per heavy atom. The zero-order valence-corrected chi connectivity index (χ0v) is 9.67. The van der Waals surface area contributed by atoms with Gasteiger partial charge < -0.3 is 5.32 Å². The molecule has 90 valence electrons. The predicted molar refractivity (Wildman–Crippen MR) is 67.2 cm³/mol. The van der Waals surface area contributed by atoms with Crippen molar-refractivity contribution in [1.82, 2.24) is 10.3 Å². The molecule has 1 aromatic heterocycles. The molecular weight excluding hydrogens is 228 g/mol. The number of rotatable bonds is 4. The van der Waals surface area contributed by atoms with Gasteiger partial charge in [0.15, 0.2) is 0 Å². The molecule has 4 nitrogen and oxygen atoms in total. The van der Waals surface area contributed by atoms with Crippen molar-refractivity contribution in [3.8, 4) is 0 Å². The SMILES string of the molecule is O=Cc1ccc(C(=O)NCc2cccnc2)cc1. The Kier molecular flexibility index (Phi) is 3.81. The Bertz CT molecular complexity index is 535. The maximum atomic E-state index is 11.8. The van der Waals surface area contributed by atoms with Gasteiger partial charge in [0.05, 0.1) is 0 Å². The van der Waals surface area contributed by atoms with Gasteiger partial charge in [-0.1, -0.05) is 18.2 Å². The number of carbonyl (C=O) groups is 2. The molecule has 0 radical (unpaired) electrons. The average molecular weight is 240 g/mol. The fourth-order valence-electron chi connectivity index (χ4n) is 1.50. The highest BCUT2D eigenvalue weighted by Gasteiger charge is 2.04. The van der Waals surface area contributed by atoms with Gasteiger partial charge in [-0.15, -0.1) is 0 Å². The minimum Gasteiger partial charge on any atom is -0.348 e. The van der Waals surface area contributed by atoms with Gasteiger partial charge >= 0.3 is 0 Å². The number of hydrogen-bond donors (Lipinski definition) is 1. The van der Waals surface area contributed by atoms with Crippen molar-refractivity contribution in [3.63, 3.8) is 0 Å². The van der Waals surface area contributed by atoms with Gasteiger partial charge in [-0.05, 0) is 23.8 Å². The van der Waals surface area contributed by atoms with E-state index in [9.17, 15) is 9.59 Å². The van der Waals surface area contributed by atoms with E-state index in [2.05, 4.69) is 10.3 Å². The van der Waals surface area contributed by atoms with E-state index in [0.717, 1.165) is 11.8 Å². The maximum Gasteiger partial charge on any atom is 0.251 e. The standard InChI is InChI=1S/C14H12N2O2/c17-10-11-3-5-13(6-4-11)14(18)16-9-12-2-1-7-15-8-12/h1-8,10H,9H2,(H,16,18). The second-order valence-corrected chi connectivity index (χ2v) is 3.78. The summed E-state index contributed by atoms with van der Waals surface area (Å²) in [5.41, 5.74) is 2.03. The molecule has 0 fully saturated rings. The minimum absolute atomic E-state index is 0.170. The molecule has 1 N–H and O–H groups in total. The molecule has 0 aliphatic heterocycles. The van der Waals surface area contributed by atoms with Crippen LogP contribution in [0.4, 0.5) is 0 Å². The third kappa shape index (κ3) is 3.01. The molecule has 0 aliphatic rings. The predicted octanol–water partition coefficient (Wildman–Crippen LogP) is 1.82. The highest BCUT2D eigenvalue weighted by Crippen LogP contribution is 2.03. The van der Waals surface area contributed by atoms with Gasteiger partial charge in [0.1, 0.15) is 6.29 Å². The molecule has 4 heteroatoms. The van der Waals surface area contributed by atoms with Crippen LogP contribution in [0.15, 0.2) is 48.8 Å². The third-order valence-corrected chi connectivity index (χ3v) is 2.48. The van der Waals surface area contributed by atoms with E-state index in [-0.39, 0.29) is 5.91 Å². The summed E-state index contributed by atoms with van der Waals surface area (Å²) in [7, 11) is 0. The second-order valence-electron chi connectivity index (χ2n) is 3.78. The Hall–Kier alpha value is -2.49. The summed E-state index contributed by atoms with van der Waals surface area (Å²) in [4.78, 5) is 26.3. The molecule has 0 unspecified atom stereocenters. The van der Waals surface area contributed by atoms with Crippen LogP contribution in [0.3, 0.4) is 0 Å². The van der Waals surface area contributed by atoms with Crippen LogP contribution in [-0.4, -0.2) is 17.2 Å². The van der Waals surface area contributed by atoms with Gasteiger partial charge in [-0.25, -0.2) is 0 Å². The monoisotopic (exact) mass is 240 g/mol. The van der Waals surface area contributed by atoms with Crippen LogP contribution in [0, 0.1) is 0 Å². The molecular formula is C14H12N2O2. The fraction of sp³-hybridized carbons (Fsp3) is 0.0714. The van der Waals surface area contributed by atoms with Crippen molar-refractivity contribution in [2.45, 2.75) is 6.54 Å². The molecule has 0 bridgehead atoms. The summed E-state index contributed by atoms with van der Waals surface area (Å²) in [5.74, 6) is -0.170. The highest BCUT2D eigenvalue weighted by molar-refractivity contribution is 5.94. The molecule has 2 aromatic rings. The molecule has 0 spiro atoms. The van der Waals surface area contributed by atoms with Gasteiger partial charge in [0, 0.05) is 30.1 Å². The molecule has 1 aromatic carbocycles. The lowest BCUT2D eigenvalue weighted by Gasteiger charge is -2.05. The number of aromatic nitrogens is 1. The molecule has 1 heterocycles. The zero-order valence-electron chi connectivity index (χ0n) is 9.67. The van der Waals surface area contributed by atoms with E-state index < -0.39 is 0 Å². The van der Waals surface area contributed by atoms with Crippen molar-refractivity contribution in [3.05, 3.63) is 65.5 Å². The lowest BCUT2D eigenvalue weighted by Crippen LogP contribution is -2.22. The molecule has 18 heavy (non-hydrogen) atoms. The Morgan fingerprint density at radius 2 is 2.00 bits per heavy atom. The first kappa shape index (κ1) is 12.0. The van der Waals surface area contributed by atoms with Crippen LogP contribution in [0.2, 0.25) is 0 Å². The number of hydrogen-bond acceptors (Lipinski definition) is 3. The summed E-state index contributed by atoms with van der Waals surface area (Å²) < 4.78 is 0. The topological polar surface area (TPSA) is 59.1 Å². The lowest BCUT2D eigenvalue weighted by molar-refractivity contribution is 0.0950. The number of nitrogens with one attached hydrogen (secondary N) is 1. The normalized spacial score (nSPS) is 9.78. The van der Waals surface area contributed by atoms with E-state index in [4.69, 9.17) is 0 Å². The molecule has 0 atom stereocenters. The van der Waals surface area contributed by atoms with Gasteiger partial charge in [0.25, 0.3) is 5.91 Å². The minimum atomic E-state index is -0.170. The molecule has 0 saturated heterocycles. The summed E-state index contributed by atoms with van der Waals surface area (Å²) >= 11 is 0. The van der Waals surface area contributed by atoms with Crippen molar-refractivity contribution in [1.29, 1.82) is 0 Å². The van der Waals surface area contributed by atoms with Crippen molar-refractivity contribution in [2.24, 2.45) is 0 Å². The first-order valence-corrected chi connectivity index (χ1v) is 5.52. The van der Waals surface area contributed by atoms with Crippen LogP contribution < -0.4 is 5.32 Å². The van der Waals surface area contributed by atoms with E-state index >= 15 is 0 Å². The molecule has 0 saturated carbocycles. The summed E-state index contributed by atoms with van der Waals surface area (Å²) in [6, 6.07) is 10.2. The summed E-state index contributed by atoms with van der Waals surface area (Å²) in [6.45, 7) is 0.433. The van der Waals surface area contributed by atoms with Crippen LogP contribution in [0.5, 0.6) is 0 Å². The van der Waals surface area contributed by atoms with Crippen molar-refractivity contribution < 1.29 is 9.59 Å². The van der Waals surface area contributed by atoms with Gasteiger partial charge in [-0.2, -0.15) is 0 Å². The summed E-state index contributed by atoms with van der Waals surface area (Å²) in [6.07, 6.45) is 4.14. The largest absolute Gasteiger partial charge is 0.348 e. The van der Waals surface area contributed by atoms with Gasteiger partial charge in [0.2, 0.25) is 0 Å².